The predicted octanol–water partition coefficient (Wildman–Crippen LogP) is 4.17. The Bertz CT molecular complexity index is 1020. The molecule has 0 saturated heterocycles. The molecular formula is C22H23NO5. The Morgan fingerprint density at radius 2 is 1.89 bits per heavy atom. The highest BCUT2D eigenvalue weighted by molar-refractivity contribution is 5.96. The van der Waals surface area contributed by atoms with Gasteiger partial charge in [-0.2, -0.15) is 0 Å². The van der Waals surface area contributed by atoms with Crippen LogP contribution in [0.5, 0.6) is 5.75 Å². The van der Waals surface area contributed by atoms with Crippen LogP contribution in [0.4, 0.5) is 5.69 Å². The van der Waals surface area contributed by atoms with E-state index < -0.39 is 18.0 Å². The minimum absolute atomic E-state index is 0.0295. The van der Waals surface area contributed by atoms with Crippen molar-refractivity contribution < 1.29 is 23.5 Å². The third-order valence-electron chi connectivity index (χ3n) is 4.72. The topological polar surface area (TPSA) is 77.8 Å². The molecular weight excluding hydrogens is 358 g/mol. The fourth-order valence-electron chi connectivity index (χ4n) is 2.96. The third-order valence-corrected chi connectivity index (χ3v) is 4.72. The van der Waals surface area contributed by atoms with Crippen LogP contribution in [-0.4, -0.2) is 25.1 Å². The molecule has 0 bridgehead atoms. The van der Waals surface area contributed by atoms with Crippen LogP contribution < -0.4 is 10.1 Å². The summed E-state index contributed by atoms with van der Waals surface area (Å²) in [5.41, 5.74) is 4.19. The number of carbonyl (C=O) groups excluding carboxylic acids is 2. The van der Waals surface area contributed by atoms with E-state index in [-0.39, 0.29) is 6.42 Å². The smallest absolute Gasteiger partial charge is 0.311 e. The first-order valence-electron chi connectivity index (χ1n) is 9.00. The van der Waals surface area contributed by atoms with Crippen LogP contribution in [0.15, 0.2) is 47.1 Å². The van der Waals surface area contributed by atoms with Gasteiger partial charge in [-0.3, -0.25) is 9.59 Å². The van der Waals surface area contributed by atoms with E-state index in [9.17, 15) is 9.59 Å². The summed E-state index contributed by atoms with van der Waals surface area (Å²) in [6, 6.07) is 11.0. The standard InChI is InChI=1S/C22H23NO5/c1-13-9-10-17-16(12-27-21(17)14(13)2)11-20(24)28-15(3)22(25)23-18-7-5-6-8-19(18)26-4/h5-10,12,15H,11H2,1-4H3,(H,23,25)/t15-/m0/s1. The minimum Gasteiger partial charge on any atom is -0.495 e. The molecule has 28 heavy (non-hydrogen) atoms. The molecule has 6 heteroatoms. The molecule has 1 atom stereocenters. The quantitative estimate of drug-likeness (QED) is 0.649. The van der Waals surface area contributed by atoms with Gasteiger partial charge < -0.3 is 19.2 Å². The van der Waals surface area contributed by atoms with Gasteiger partial charge in [0.25, 0.3) is 5.91 Å². The van der Waals surface area contributed by atoms with Crippen molar-refractivity contribution in [3.63, 3.8) is 0 Å². The van der Waals surface area contributed by atoms with Gasteiger partial charge in [0.05, 0.1) is 25.5 Å². The maximum atomic E-state index is 12.4. The number of carbonyl (C=O) groups is 2. The highest BCUT2D eigenvalue weighted by atomic mass is 16.5. The van der Waals surface area contributed by atoms with Crippen molar-refractivity contribution in [3.8, 4) is 5.75 Å². The van der Waals surface area contributed by atoms with E-state index in [1.165, 1.54) is 14.0 Å². The molecule has 0 radical (unpaired) electrons. The number of ether oxygens (including phenoxy) is 2. The van der Waals surface area contributed by atoms with Gasteiger partial charge in [-0.15, -0.1) is 0 Å². The number of rotatable bonds is 6. The largest absolute Gasteiger partial charge is 0.495 e. The second-order valence-electron chi connectivity index (χ2n) is 6.64. The van der Waals surface area contributed by atoms with Crippen LogP contribution in [0.2, 0.25) is 0 Å². The van der Waals surface area contributed by atoms with Crippen molar-refractivity contribution in [1.29, 1.82) is 0 Å². The lowest BCUT2D eigenvalue weighted by atomic mass is 10.0. The molecule has 0 aliphatic carbocycles. The lowest BCUT2D eigenvalue weighted by molar-refractivity contribution is -0.152. The molecule has 0 aliphatic rings. The van der Waals surface area contributed by atoms with Gasteiger partial charge in [-0.25, -0.2) is 0 Å². The summed E-state index contributed by atoms with van der Waals surface area (Å²) in [6.07, 6.45) is 0.652. The van der Waals surface area contributed by atoms with Gasteiger partial charge in [0.15, 0.2) is 6.10 Å². The molecule has 1 aromatic heterocycles. The molecule has 2 aromatic carbocycles. The van der Waals surface area contributed by atoms with E-state index in [0.717, 1.165) is 27.7 Å². The Morgan fingerprint density at radius 3 is 2.64 bits per heavy atom. The molecule has 3 aromatic rings. The van der Waals surface area contributed by atoms with E-state index in [2.05, 4.69) is 5.32 Å². The highest BCUT2D eigenvalue weighted by Crippen LogP contribution is 2.27. The Balaban J connectivity index is 1.64. The maximum Gasteiger partial charge on any atom is 0.311 e. The lowest BCUT2D eigenvalue weighted by Gasteiger charge is -2.15. The first-order chi connectivity index (χ1) is 13.4. The number of fused-ring (bicyclic) bond motifs is 1. The number of hydrogen-bond acceptors (Lipinski definition) is 5. The second-order valence-corrected chi connectivity index (χ2v) is 6.64. The van der Waals surface area contributed by atoms with E-state index in [4.69, 9.17) is 13.9 Å². The van der Waals surface area contributed by atoms with Crippen LogP contribution >= 0.6 is 0 Å². The number of esters is 1. The number of hydrogen-bond donors (Lipinski definition) is 1. The Hall–Kier alpha value is -3.28. The number of methoxy groups -OCH3 is 1. The van der Waals surface area contributed by atoms with Gasteiger partial charge in [-0.05, 0) is 44.0 Å². The highest BCUT2D eigenvalue weighted by Gasteiger charge is 2.21. The van der Waals surface area contributed by atoms with Crippen LogP contribution in [-0.2, 0) is 20.7 Å². The third kappa shape index (κ3) is 4.01. The van der Waals surface area contributed by atoms with Crippen molar-refractivity contribution in [2.24, 2.45) is 0 Å². The van der Waals surface area contributed by atoms with Gasteiger partial charge >= 0.3 is 5.97 Å². The average Bonchev–Trinajstić information content (AvgIpc) is 3.08. The fourth-order valence-corrected chi connectivity index (χ4v) is 2.96. The zero-order valence-corrected chi connectivity index (χ0v) is 16.4. The van der Waals surface area contributed by atoms with Crippen molar-refractivity contribution >= 4 is 28.5 Å². The minimum atomic E-state index is -0.945. The van der Waals surface area contributed by atoms with Gasteiger partial charge in [0.2, 0.25) is 0 Å². The molecule has 0 aliphatic heterocycles. The maximum absolute atomic E-state index is 12.4. The molecule has 0 unspecified atom stereocenters. The van der Waals surface area contributed by atoms with Crippen molar-refractivity contribution in [3.05, 3.63) is 59.4 Å². The van der Waals surface area contributed by atoms with Crippen LogP contribution in [0.25, 0.3) is 11.0 Å². The first-order valence-corrected chi connectivity index (χ1v) is 9.00. The molecule has 0 spiro atoms. The van der Waals surface area contributed by atoms with Crippen LogP contribution in [0, 0.1) is 13.8 Å². The summed E-state index contributed by atoms with van der Waals surface area (Å²) in [4.78, 5) is 24.7. The molecule has 3 rings (SSSR count). The zero-order chi connectivity index (χ0) is 20.3. The number of furan rings is 1. The number of nitrogens with one attached hydrogen (secondary N) is 1. The monoisotopic (exact) mass is 381 g/mol. The van der Waals surface area contributed by atoms with E-state index in [1.807, 2.05) is 26.0 Å². The van der Waals surface area contributed by atoms with Crippen LogP contribution in [0.1, 0.15) is 23.6 Å². The lowest BCUT2D eigenvalue weighted by Crippen LogP contribution is -2.30. The molecule has 6 nitrogen and oxygen atoms in total. The summed E-state index contributed by atoms with van der Waals surface area (Å²) in [5, 5.41) is 3.59. The fraction of sp³-hybridized carbons (Fsp3) is 0.273. The van der Waals surface area contributed by atoms with Crippen LogP contribution in [0.3, 0.4) is 0 Å². The number of anilines is 1. The Morgan fingerprint density at radius 1 is 1.14 bits per heavy atom. The number of amides is 1. The van der Waals surface area contributed by atoms with Gasteiger partial charge in [0, 0.05) is 10.9 Å². The summed E-state index contributed by atoms with van der Waals surface area (Å²) in [6.45, 7) is 5.52. The van der Waals surface area contributed by atoms with Crippen molar-refractivity contribution in [1.82, 2.24) is 0 Å². The first kappa shape index (κ1) is 19.5. The van der Waals surface area contributed by atoms with Crippen molar-refractivity contribution in [2.45, 2.75) is 33.3 Å². The normalized spacial score (nSPS) is 11.9. The average molecular weight is 381 g/mol. The number of para-hydroxylation sites is 2. The Kier molecular flexibility index (Phi) is 5.68. The van der Waals surface area contributed by atoms with Crippen molar-refractivity contribution in [2.75, 3.05) is 12.4 Å². The van der Waals surface area contributed by atoms with E-state index in [0.29, 0.717) is 11.4 Å². The van der Waals surface area contributed by atoms with E-state index in [1.54, 1.807) is 30.5 Å². The molecule has 1 N–H and O–H groups in total. The molecule has 0 fully saturated rings. The van der Waals surface area contributed by atoms with Gasteiger partial charge in [-0.1, -0.05) is 24.3 Å². The zero-order valence-electron chi connectivity index (χ0n) is 16.4. The molecule has 1 heterocycles. The number of benzene rings is 2. The summed E-state index contributed by atoms with van der Waals surface area (Å²) in [7, 11) is 1.52. The second kappa shape index (κ2) is 8.17. The molecule has 1 amide bonds. The predicted molar refractivity (Wildman–Crippen MR) is 107 cm³/mol. The van der Waals surface area contributed by atoms with E-state index >= 15 is 0 Å². The molecule has 0 saturated carbocycles. The Labute approximate surface area is 163 Å². The number of aryl methyl sites for hydroxylation is 2. The summed E-state index contributed by atoms with van der Waals surface area (Å²) >= 11 is 0. The van der Waals surface area contributed by atoms with Gasteiger partial charge in [0.1, 0.15) is 11.3 Å². The SMILES string of the molecule is COc1ccccc1NC(=O)[C@H](C)OC(=O)Cc1coc2c(C)c(C)ccc12. The summed E-state index contributed by atoms with van der Waals surface area (Å²) in [5.74, 6) is -0.394. The molecule has 146 valence electrons. The summed E-state index contributed by atoms with van der Waals surface area (Å²) < 4.78 is 16.1.